The molecule has 0 radical (unpaired) electrons. The number of nitrogens with zero attached hydrogens (tertiary/aromatic N) is 1. The van der Waals surface area contributed by atoms with Crippen molar-refractivity contribution in [2.24, 2.45) is 16.1 Å². The highest BCUT2D eigenvalue weighted by Crippen LogP contribution is 2.43. The van der Waals surface area contributed by atoms with Crippen LogP contribution in [-0.2, 0) is 0 Å². The van der Waals surface area contributed by atoms with E-state index in [1.165, 1.54) is 0 Å². The maximum absolute atomic E-state index is 11.1. The molecule has 0 fully saturated rings. The Bertz CT molecular complexity index is 1420. The maximum Gasteiger partial charge on any atom is 0.143 e. The lowest BCUT2D eigenvalue weighted by Crippen LogP contribution is -2.09. The van der Waals surface area contributed by atoms with E-state index < -0.39 is 0 Å². The van der Waals surface area contributed by atoms with E-state index in [4.69, 9.17) is 21.9 Å². The molecule has 1 aliphatic carbocycles. The highest BCUT2D eigenvalue weighted by atomic mass is 16.3. The van der Waals surface area contributed by atoms with Crippen LogP contribution < -0.4 is 22.1 Å². The predicted molar refractivity (Wildman–Crippen MR) is 163 cm³/mol. The van der Waals surface area contributed by atoms with Crippen molar-refractivity contribution in [3.8, 4) is 5.75 Å². The Kier molecular flexibility index (Phi) is 8.63. The molecule has 0 aromatic heterocycles. The quantitative estimate of drug-likeness (QED) is 0.126. The van der Waals surface area contributed by atoms with E-state index in [0.29, 0.717) is 34.2 Å². The van der Waals surface area contributed by atoms with Gasteiger partial charge in [-0.25, -0.2) is 4.99 Å². The molecule has 0 atom stereocenters. The molecule has 198 valence electrons. The van der Waals surface area contributed by atoms with E-state index in [-0.39, 0.29) is 11.2 Å². The van der Waals surface area contributed by atoms with Crippen LogP contribution in [0.25, 0.3) is 0 Å². The molecule has 2 aromatic rings. The van der Waals surface area contributed by atoms with Crippen LogP contribution in [0, 0.1) is 24.7 Å². The number of nitrogens with one attached hydrogen (secondary N) is 3. The monoisotopic (exact) mass is 510 g/mol. The minimum Gasteiger partial charge on any atom is -0.506 e. The Morgan fingerprint density at radius 1 is 1.03 bits per heavy atom. The lowest BCUT2D eigenvalue weighted by molar-refractivity contribution is 0.477. The first-order chi connectivity index (χ1) is 17.9. The number of phenolic OH excluding ortho intramolecular Hbond substituents is 1. The zero-order valence-corrected chi connectivity index (χ0v) is 23.0. The molecule has 0 spiro atoms. The van der Waals surface area contributed by atoms with Gasteiger partial charge in [0.1, 0.15) is 11.4 Å². The van der Waals surface area contributed by atoms with Crippen molar-refractivity contribution >= 4 is 39.9 Å². The van der Waals surface area contributed by atoms with E-state index >= 15 is 0 Å². The number of nitrogens with two attached hydrogens (primary N) is 2. The average Bonchev–Trinajstić information content (AvgIpc) is 2.95. The molecular formula is C31H38N6O. The van der Waals surface area contributed by atoms with Crippen molar-refractivity contribution in [3.63, 3.8) is 0 Å². The summed E-state index contributed by atoms with van der Waals surface area (Å²) in [4.78, 5) is 4.75. The first kappa shape index (κ1) is 28.1. The van der Waals surface area contributed by atoms with Crippen LogP contribution in [0.3, 0.4) is 0 Å². The molecule has 7 nitrogen and oxygen atoms in total. The Morgan fingerprint density at radius 3 is 2.42 bits per heavy atom. The summed E-state index contributed by atoms with van der Waals surface area (Å²) in [5.74, 6) is 0.0290. The Hall–Kier alpha value is -4.52. The summed E-state index contributed by atoms with van der Waals surface area (Å²) in [6, 6.07) is 7.38. The van der Waals surface area contributed by atoms with Crippen LogP contribution in [0.4, 0.5) is 28.4 Å². The number of hydrogen-bond donors (Lipinski definition) is 6. The summed E-state index contributed by atoms with van der Waals surface area (Å²) >= 11 is 0. The van der Waals surface area contributed by atoms with Crippen molar-refractivity contribution in [3.05, 3.63) is 95.4 Å². The molecule has 0 heterocycles. The third-order valence-corrected chi connectivity index (χ3v) is 5.95. The van der Waals surface area contributed by atoms with E-state index in [0.717, 1.165) is 28.2 Å². The number of allylic oxidation sites excluding steroid dienone is 8. The zero-order valence-electron chi connectivity index (χ0n) is 23.0. The minimum absolute atomic E-state index is 0.0290. The third kappa shape index (κ3) is 7.26. The summed E-state index contributed by atoms with van der Waals surface area (Å²) in [7, 11) is 0. The minimum atomic E-state index is -0.266. The summed E-state index contributed by atoms with van der Waals surface area (Å²) in [5, 5.41) is 25.8. The number of benzene rings is 2. The molecule has 38 heavy (non-hydrogen) atoms. The van der Waals surface area contributed by atoms with Gasteiger partial charge in [-0.3, -0.25) is 0 Å². The number of aliphatic imine (C=N–C) groups is 1. The largest absolute Gasteiger partial charge is 0.506 e. The number of aromatic hydroxyl groups is 1. The molecule has 7 heteroatoms. The third-order valence-electron chi connectivity index (χ3n) is 5.95. The van der Waals surface area contributed by atoms with Crippen LogP contribution in [0.1, 0.15) is 38.8 Å². The first-order valence-corrected chi connectivity index (χ1v) is 12.5. The van der Waals surface area contributed by atoms with Gasteiger partial charge in [0.15, 0.2) is 0 Å². The van der Waals surface area contributed by atoms with Gasteiger partial charge in [0.2, 0.25) is 0 Å². The molecule has 0 saturated heterocycles. The van der Waals surface area contributed by atoms with Gasteiger partial charge < -0.3 is 32.6 Å². The Morgan fingerprint density at radius 2 is 1.76 bits per heavy atom. The first-order valence-electron chi connectivity index (χ1n) is 12.5. The normalized spacial score (nSPS) is 15.4. The Labute approximate surface area is 225 Å². The van der Waals surface area contributed by atoms with Gasteiger partial charge in [0, 0.05) is 45.5 Å². The molecule has 8 N–H and O–H groups in total. The predicted octanol–water partition coefficient (Wildman–Crippen LogP) is 7.31. The van der Waals surface area contributed by atoms with Gasteiger partial charge >= 0.3 is 0 Å². The summed E-state index contributed by atoms with van der Waals surface area (Å²) in [6.45, 7) is 11.6. The molecular weight excluding hydrogens is 472 g/mol. The molecule has 0 bridgehead atoms. The smallest absolute Gasteiger partial charge is 0.143 e. The fourth-order valence-electron chi connectivity index (χ4n) is 4.12. The van der Waals surface area contributed by atoms with Gasteiger partial charge in [-0.1, -0.05) is 32.1 Å². The van der Waals surface area contributed by atoms with E-state index in [1.54, 1.807) is 25.1 Å². The van der Waals surface area contributed by atoms with E-state index in [9.17, 15) is 5.11 Å². The zero-order chi connectivity index (χ0) is 28.0. The second-order valence-electron chi connectivity index (χ2n) is 10.1. The number of aryl methyl sites for hydroxylation is 1. The summed E-state index contributed by atoms with van der Waals surface area (Å²) in [5.41, 5.74) is 19.6. The van der Waals surface area contributed by atoms with Crippen LogP contribution in [0.2, 0.25) is 0 Å². The van der Waals surface area contributed by atoms with Crippen LogP contribution >= 0.6 is 0 Å². The van der Waals surface area contributed by atoms with Crippen LogP contribution in [0.15, 0.2) is 89.3 Å². The molecule has 0 amide bonds. The van der Waals surface area contributed by atoms with Crippen LogP contribution in [0.5, 0.6) is 5.75 Å². The second kappa shape index (κ2) is 11.7. The fourth-order valence-corrected chi connectivity index (χ4v) is 4.12. The van der Waals surface area contributed by atoms with Crippen molar-refractivity contribution in [1.29, 1.82) is 5.41 Å². The summed E-state index contributed by atoms with van der Waals surface area (Å²) in [6.07, 6.45) is 15.1. The van der Waals surface area contributed by atoms with Crippen molar-refractivity contribution in [1.82, 2.24) is 0 Å². The second-order valence-corrected chi connectivity index (χ2v) is 10.1. The van der Waals surface area contributed by atoms with Gasteiger partial charge in [-0.2, -0.15) is 0 Å². The van der Waals surface area contributed by atoms with Crippen molar-refractivity contribution in [2.75, 3.05) is 16.4 Å². The SMILES string of the molecule is C/C=C\C(/C=C\C(C)=N)=Nc1c(O)cc(Nc2ccc(N)c(C)c2)c(NC2=CC(C)(C)C=C(N)C=C2)c1C. The fraction of sp³-hybridized carbons (Fsp3) is 0.226. The number of phenols is 1. The number of rotatable bonds is 8. The highest BCUT2D eigenvalue weighted by Gasteiger charge is 2.19. The number of nitrogen functional groups attached to an aromatic ring is 1. The average molecular weight is 511 g/mol. The summed E-state index contributed by atoms with van der Waals surface area (Å²) < 4.78 is 0. The number of hydrogen-bond acceptors (Lipinski definition) is 7. The van der Waals surface area contributed by atoms with Crippen molar-refractivity contribution in [2.45, 2.75) is 41.5 Å². The Balaban J connectivity index is 2.19. The molecule has 2 aromatic carbocycles. The van der Waals surface area contributed by atoms with Gasteiger partial charge in [0.25, 0.3) is 0 Å². The lowest BCUT2D eigenvalue weighted by atomic mass is 9.92. The topological polar surface area (TPSA) is 133 Å². The van der Waals surface area contributed by atoms with Crippen molar-refractivity contribution < 1.29 is 5.11 Å². The molecule has 0 saturated carbocycles. The molecule has 1 aliphatic rings. The van der Waals surface area contributed by atoms with Gasteiger partial charge in [-0.15, -0.1) is 0 Å². The molecule has 0 unspecified atom stereocenters. The van der Waals surface area contributed by atoms with Gasteiger partial charge in [-0.05, 0) is 81.8 Å². The number of anilines is 4. The molecule has 3 rings (SSSR count). The highest BCUT2D eigenvalue weighted by molar-refractivity contribution is 6.09. The molecule has 0 aliphatic heterocycles. The van der Waals surface area contributed by atoms with Crippen LogP contribution in [-0.4, -0.2) is 16.5 Å². The lowest BCUT2D eigenvalue weighted by Gasteiger charge is -2.22. The van der Waals surface area contributed by atoms with E-state index in [1.807, 2.05) is 69.4 Å². The maximum atomic E-state index is 11.1. The van der Waals surface area contributed by atoms with Gasteiger partial charge in [0.05, 0.1) is 17.1 Å². The standard InChI is InChI=1S/C31H38N6O/c1-7-8-23(11-9-20(3)32)36-30-21(4)29(37-25-12-10-22(33)17-31(5,6)18-25)27(16-28(30)38)35-24-13-14-26(34)19(2)15-24/h7-18,32,35,37-38H,33-34H2,1-6H3/b8-7-,11-9-,32-20?,36-23?. The van der Waals surface area contributed by atoms with E-state index in [2.05, 4.69) is 30.6 Å².